The smallest absolute Gasteiger partial charge is 0.325 e. The van der Waals surface area contributed by atoms with Crippen LogP contribution in [-0.4, -0.2) is 29.6 Å². The number of ether oxygens (including phenoxy) is 1. The number of aromatic amines is 1. The van der Waals surface area contributed by atoms with Gasteiger partial charge in [0.15, 0.2) is 5.82 Å². The first-order chi connectivity index (χ1) is 6.65. The summed E-state index contributed by atoms with van der Waals surface area (Å²) in [7, 11) is 1.26. The number of carbonyl (C=O) groups is 1. The topological polar surface area (TPSA) is 84.1 Å². The second kappa shape index (κ2) is 4.61. The summed E-state index contributed by atoms with van der Waals surface area (Å²) in [5, 5.41) is 2.48. The minimum Gasteiger partial charge on any atom is -0.468 e. The minimum atomic E-state index is -0.469. The van der Waals surface area contributed by atoms with E-state index in [-0.39, 0.29) is 17.4 Å². The summed E-state index contributed by atoms with van der Waals surface area (Å²) in [6.45, 7) is -0.0906. The van der Waals surface area contributed by atoms with Gasteiger partial charge in [0.05, 0.1) is 13.4 Å². The predicted octanol–water partition coefficient (Wildman–Crippen LogP) is 0.00820. The van der Waals surface area contributed by atoms with E-state index in [4.69, 9.17) is 11.6 Å². The van der Waals surface area contributed by atoms with Gasteiger partial charge in [-0.25, -0.2) is 4.98 Å². The predicted molar refractivity (Wildman–Crippen MR) is 50.4 cm³/mol. The summed E-state index contributed by atoms with van der Waals surface area (Å²) < 4.78 is 4.38. The van der Waals surface area contributed by atoms with Crippen molar-refractivity contribution in [1.82, 2.24) is 9.97 Å². The van der Waals surface area contributed by atoms with Crippen LogP contribution in [-0.2, 0) is 9.53 Å². The Bertz CT molecular complexity index is 390. The van der Waals surface area contributed by atoms with E-state index in [0.29, 0.717) is 0 Å². The van der Waals surface area contributed by atoms with Crippen LogP contribution in [0.15, 0.2) is 11.1 Å². The van der Waals surface area contributed by atoms with Crippen molar-refractivity contribution in [2.75, 3.05) is 19.0 Å². The monoisotopic (exact) mass is 217 g/mol. The summed E-state index contributed by atoms with van der Waals surface area (Å²) in [5.41, 5.74) is -0.464. The van der Waals surface area contributed by atoms with Crippen LogP contribution in [0.25, 0.3) is 0 Å². The lowest BCUT2D eigenvalue weighted by atomic mass is 10.5. The van der Waals surface area contributed by atoms with Crippen molar-refractivity contribution in [2.45, 2.75) is 0 Å². The van der Waals surface area contributed by atoms with Gasteiger partial charge >= 0.3 is 5.97 Å². The molecule has 1 aromatic rings. The number of H-pyrrole nitrogens is 1. The van der Waals surface area contributed by atoms with Crippen molar-refractivity contribution in [3.8, 4) is 0 Å². The number of rotatable bonds is 3. The summed E-state index contributed by atoms with van der Waals surface area (Å²) >= 11 is 5.60. The second-order valence-electron chi connectivity index (χ2n) is 2.32. The van der Waals surface area contributed by atoms with Crippen molar-refractivity contribution in [1.29, 1.82) is 0 Å². The molecule has 7 heteroatoms. The van der Waals surface area contributed by atoms with Crippen LogP contribution in [0.3, 0.4) is 0 Å². The number of nitrogens with one attached hydrogen (secondary N) is 2. The van der Waals surface area contributed by atoms with Crippen LogP contribution in [0.2, 0.25) is 5.02 Å². The van der Waals surface area contributed by atoms with Crippen LogP contribution in [0.5, 0.6) is 0 Å². The van der Waals surface area contributed by atoms with Crippen molar-refractivity contribution in [3.63, 3.8) is 0 Å². The van der Waals surface area contributed by atoms with E-state index in [2.05, 4.69) is 20.0 Å². The molecule has 0 atom stereocenters. The number of aromatic nitrogens is 2. The van der Waals surface area contributed by atoms with E-state index < -0.39 is 11.5 Å². The molecule has 76 valence electrons. The Labute approximate surface area is 84.3 Å². The summed E-state index contributed by atoms with van der Waals surface area (Å²) in [4.78, 5) is 27.7. The van der Waals surface area contributed by atoms with E-state index in [9.17, 15) is 9.59 Å². The molecule has 6 nitrogen and oxygen atoms in total. The molecule has 0 aliphatic heterocycles. The highest BCUT2D eigenvalue weighted by atomic mass is 35.5. The first-order valence-electron chi connectivity index (χ1n) is 3.69. The molecule has 0 spiro atoms. The van der Waals surface area contributed by atoms with E-state index >= 15 is 0 Å². The lowest BCUT2D eigenvalue weighted by Crippen LogP contribution is -2.18. The molecule has 0 aliphatic rings. The number of carbonyl (C=O) groups excluding carboxylic acids is 1. The lowest BCUT2D eigenvalue weighted by Gasteiger charge is -2.04. The van der Waals surface area contributed by atoms with Gasteiger partial charge in [0.1, 0.15) is 11.6 Å². The number of nitrogens with zero attached hydrogens (tertiary/aromatic N) is 1. The minimum absolute atomic E-state index is 0.0867. The maximum atomic E-state index is 11.0. The van der Waals surface area contributed by atoms with Crippen LogP contribution >= 0.6 is 11.6 Å². The lowest BCUT2D eigenvalue weighted by molar-refractivity contribution is -0.138. The van der Waals surface area contributed by atoms with Gasteiger partial charge in [0, 0.05) is 0 Å². The fourth-order valence-corrected chi connectivity index (χ4v) is 0.904. The molecule has 2 N–H and O–H groups in total. The zero-order chi connectivity index (χ0) is 10.6. The van der Waals surface area contributed by atoms with Gasteiger partial charge in [-0.2, -0.15) is 0 Å². The quantitative estimate of drug-likeness (QED) is 0.697. The third-order valence-corrected chi connectivity index (χ3v) is 1.78. The maximum Gasteiger partial charge on any atom is 0.325 e. The Morgan fingerprint density at radius 1 is 1.79 bits per heavy atom. The van der Waals surface area contributed by atoms with Crippen LogP contribution < -0.4 is 10.9 Å². The van der Waals surface area contributed by atoms with Gasteiger partial charge in [-0.3, -0.25) is 9.59 Å². The molecule has 1 aromatic heterocycles. The second-order valence-corrected chi connectivity index (χ2v) is 2.70. The fourth-order valence-electron chi connectivity index (χ4n) is 0.734. The first kappa shape index (κ1) is 10.5. The standard InChI is InChI=1S/C7H8ClN3O3/c1-14-4(12)2-9-6-5(8)7(13)11-3-10-6/h3H,2H2,1H3,(H2,9,10,11,13). The van der Waals surface area contributed by atoms with E-state index in [0.717, 1.165) is 0 Å². The van der Waals surface area contributed by atoms with E-state index in [1.165, 1.54) is 13.4 Å². The van der Waals surface area contributed by atoms with Crippen molar-refractivity contribution < 1.29 is 9.53 Å². The molecule has 0 bridgehead atoms. The van der Waals surface area contributed by atoms with Gasteiger partial charge in [-0.15, -0.1) is 0 Å². The zero-order valence-electron chi connectivity index (χ0n) is 7.33. The summed E-state index contributed by atoms with van der Waals surface area (Å²) in [5.74, 6) is -0.316. The average Bonchev–Trinajstić information content (AvgIpc) is 2.20. The first-order valence-corrected chi connectivity index (χ1v) is 4.07. The third-order valence-electron chi connectivity index (χ3n) is 1.42. The molecule has 0 radical (unpaired) electrons. The van der Waals surface area contributed by atoms with Gasteiger partial charge in [0.25, 0.3) is 5.56 Å². The van der Waals surface area contributed by atoms with Crippen LogP contribution in [0.4, 0.5) is 5.82 Å². The maximum absolute atomic E-state index is 11.0. The molecule has 0 unspecified atom stereocenters. The number of hydrogen-bond acceptors (Lipinski definition) is 5. The Morgan fingerprint density at radius 3 is 3.14 bits per heavy atom. The fraction of sp³-hybridized carbons (Fsp3) is 0.286. The summed E-state index contributed by atoms with van der Waals surface area (Å²) in [6, 6.07) is 0. The molecular weight excluding hydrogens is 210 g/mol. The molecule has 1 rings (SSSR count). The molecular formula is C7H8ClN3O3. The molecule has 0 amide bonds. The number of anilines is 1. The van der Waals surface area contributed by atoms with Gasteiger partial charge in [-0.1, -0.05) is 11.6 Å². The van der Waals surface area contributed by atoms with E-state index in [1.807, 2.05) is 0 Å². The molecule has 0 saturated carbocycles. The normalized spacial score (nSPS) is 9.57. The molecule has 0 fully saturated rings. The molecule has 0 aliphatic carbocycles. The Morgan fingerprint density at radius 2 is 2.50 bits per heavy atom. The van der Waals surface area contributed by atoms with Crippen molar-refractivity contribution >= 4 is 23.4 Å². The number of methoxy groups -OCH3 is 1. The van der Waals surface area contributed by atoms with Crippen LogP contribution in [0, 0.1) is 0 Å². The molecule has 0 saturated heterocycles. The van der Waals surface area contributed by atoms with Gasteiger partial charge in [0.2, 0.25) is 0 Å². The Balaban J connectivity index is 2.73. The number of halogens is 1. The number of esters is 1. The zero-order valence-corrected chi connectivity index (χ0v) is 8.09. The Kier molecular flexibility index (Phi) is 3.47. The summed E-state index contributed by atoms with van der Waals surface area (Å²) in [6.07, 6.45) is 1.19. The largest absolute Gasteiger partial charge is 0.468 e. The van der Waals surface area contributed by atoms with Gasteiger partial charge < -0.3 is 15.0 Å². The molecule has 0 aromatic carbocycles. The van der Waals surface area contributed by atoms with Crippen molar-refractivity contribution in [2.24, 2.45) is 0 Å². The third kappa shape index (κ3) is 2.46. The SMILES string of the molecule is COC(=O)CNc1nc[nH]c(=O)c1Cl. The highest BCUT2D eigenvalue weighted by molar-refractivity contribution is 6.32. The van der Waals surface area contributed by atoms with Crippen LogP contribution in [0.1, 0.15) is 0 Å². The highest BCUT2D eigenvalue weighted by Gasteiger charge is 2.06. The van der Waals surface area contributed by atoms with E-state index in [1.54, 1.807) is 0 Å². The van der Waals surface area contributed by atoms with Gasteiger partial charge in [-0.05, 0) is 0 Å². The highest BCUT2D eigenvalue weighted by Crippen LogP contribution is 2.11. The molecule has 1 heterocycles. The number of hydrogen-bond donors (Lipinski definition) is 2. The Hall–Kier alpha value is -1.56. The van der Waals surface area contributed by atoms with Crippen molar-refractivity contribution in [3.05, 3.63) is 21.7 Å². The average molecular weight is 218 g/mol. The molecule has 14 heavy (non-hydrogen) atoms.